The number of ether oxygens (including phenoxy) is 2. The molecule has 0 spiro atoms. The number of methoxy groups -OCH3 is 1. The molecule has 0 saturated carbocycles. The predicted molar refractivity (Wildman–Crippen MR) is 95.9 cm³/mol. The molecular weight excluding hydrogens is 405 g/mol. The number of carbonyl (C=O) groups excluding carboxylic acids is 1. The number of amides is 1. The molecule has 2 aromatic carbocycles. The van der Waals surface area contributed by atoms with Gasteiger partial charge in [0.15, 0.2) is 6.10 Å². The summed E-state index contributed by atoms with van der Waals surface area (Å²) in [5.41, 5.74) is 0.474. The molecule has 1 unspecified atom stereocenters. The van der Waals surface area contributed by atoms with E-state index in [-0.39, 0.29) is 5.91 Å². The Morgan fingerprint density at radius 1 is 1.17 bits per heavy atom. The van der Waals surface area contributed by atoms with Gasteiger partial charge in [0.2, 0.25) is 0 Å². The van der Waals surface area contributed by atoms with Gasteiger partial charge in [-0.3, -0.25) is 4.79 Å². The van der Waals surface area contributed by atoms with E-state index in [1.54, 1.807) is 43.3 Å². The summed E-state index contributed by atoms with van der Waals surface area (Å²) in [4.78, 5) is 12.3. The molecule has 1 N–H and O–H groups in total. The maximum absolute atomic E-state index is 12.3. The third kappa shape index (κ3) is 4.77. The standard InChI is InChI=1S/C16H14BrCl2NO3/c1-9(23-14-5-3-10(17)7-12(14)19)16(21)20-13-8-11(18)4-6-15(13)22-2/h3-9H,1-2H3,(H,20,21). The first-order valence-electron chi connectivity index (χ1n) is 6.67. The molecule has 0 radical (unpaired) electrons. The van der Waals surface area contributed by atoms with Gasteiger partial charge < -0.3 is 14.8 Å². The highest BCUT2D eigenvalue weighted by Crippen LogP contribution is 2.30. The Kier molecular flexibility index (Phi) is 6.16. The van der Waals surface area contributed by atoms with E-state index in [4.69, 9.17) is 32.7 Å². The lowest BCUT2D eigenvalue weighted by molar-refractivity contribution is -0.122. The molecule has 1 atom stereocenters. The maximum atomic E-state index is 12.3. The molecule has 0 aliphatic heterocycles. The van der Waals surface area contributed by atoms with E-state index in [0.717, 1.165) is 4.47 Å². The highest BCUT2D eigenvalue weighted by atomic mass is 79.9. The molecule has 0 saturated heterocycles. The number of rotatable bonds is 5. The lowest BCUT2D eigenvalue weighted by atomic mass is 10.2. The van der Waals surface area contributed by atoms with E-state index in [2.05, 4.69) is 21.2 Å². The molecule has 2 rings (SSSR count). The number of benzene rings is 2. The molecule has 2 aromatic rings. The summed E-state index contributed by atoms with van der Waals surface area (Å²) < 4.78 is 11.6. The van der Waals surface area contributed by atoms with Crippen LogP contribution >= 0.6 is 39.1 Å². The Morgan fingerprint density at radius 3 is 2.52 bits per heavy atom. The lowest BCUT2D eigenvalue weighted by Gasteiger charge is -2.17. The van der Waals surface area contributed by atoms with Gasteiger partial charge >= 0.3 is 0 Å². The molecule has 1 amide bonds. The van der Waals surface area contributed by atoms with Crippen molar-refractivity contribution in [2.75, 3.05) is 12.4 Å². The van der Waals surface area contributed by atoms with E-state index in [1.165, 1.54) is 7.11 Å². The van der Waals surface area contributed by atoms with Gasteiger partial charge in [-0.2, -0.15) is 0 Å². The van der Waals surface area contributed by atoms with Crippen molar-refractivity contribution in [2.24, 2.45) is 0 Å². The van der Waals surface area contributed by atoms with Crippen LogP contribution in [-0.4, -0.2) is 19.1 Å². The lowest BCUT2D eigenvalue weighted by Crippen LogP contribution is -2.30. The summed E-state index contributed by atoms with van der Waals surface area (Å²) in [6, 6.07) is 10.1. The number of halogens is 3. The SMILES string of the molecule is COc1ccc(Cl)cc1NC(=O)C(C)Oc1ccc(Br)cc1Cl. The molecule has 7 heteroatoms. The minimum atomic E-state index is -0.752. The third-order valence-electron chi connectivity index (χ3n) is 2.99. The summed E-state index contributed by atoms with van der Waals surface area (Å²) in [5, 5.41) is 3.63. The molecule has 122 valence electrons. The van der Waals surface area contributed by atoms with Crippen LogP contribution in [0.25, 0.3) is 0 Å². The second kappa shape index (κ2) is 7.90. The third-order valence-corrected chi connectivity index (χ3v) is 4.01. The number of carbonyl (C=O) groups is 1. The van der Waals surface area contributed by atoms with Crippen molar-refractivity contribution in [3.05, 3.63) is 50.9 Å². The van der Waals surface area contributed by atoms with Gasteiger partial charge in [-0.05, 0) is 43.3 Å². The van der Waals surface area contributed by atoms with Gasteiger partial charge in [-0.1, -0.05) is 39.1 Å². The molecule has 0 aliphatic carbocycles. The minimum absolute atomic E-state index is 0.343. The van der Waals surface area contributed by atoms with E-state index >= 15 is 0 Å². The average Bonchev–Trinajstić information content (AvgIpc) is 2.50. The van der Waals surface area contributed by atoms with Crippen molar-refractivity contribution >= 4 is 50.7 Å². The number of hydrogen-bond donors (Lipinski definition) is 1. The van der Waals surface area contributed by atoms with Crippen LogP contribution < -0.4 is 14.8 Å². The van der Waals surface area contributed by atoms with Crippen molar-refractivity contribution in [1.29, 1.82) is 0 Å². The normalized spacial score (nSPS) is 11.7. The molecule has 0 fully saturated rings. The number of anilines is 1. The minimum Gasteiger partial charge on any atom is -0.495 e. The van der Waals surface area contributed by atoms with Crippen LogP contribution in [-0.2, 0) is 4.79 Å². The Morgan fingerprint density at radius 2 is 1.87 bits per heavy atom. The van der Waals surface area contributed by atoms with Crippen molar-refractivity contribution in [2.45, 2.75) is 13.0 Å². The van der Waals surface area contributed by atoms with E-state index in [9.17, 15) is 4.79 Å². The fraction of sp³-hybridized carbons (Fsp3) is 0.188. The van der Waals surface area contributed by atoms with E-state index < -0.39 is 6.10 Å². The van der Waals surface area contributed by atoms with Gasteiger partial charge in [0.05, 0.1) is 17.8 Å². The summed E-state index contributed by atoms with van der Waals surface area (Å²) in [6.07, 6.45) is -0.752. The Hall–Kier alpha value is -1.43. The smallest absolute Gasteiger partial charge is 0.265 e. The second-order valence-corrected chi connectivity index (χ2v) is 6.43. The van der Waals surface area contributed by atoms with Gasteiger partial charge in [-0.25, -0.2) is 0 Å². The van der Waals surface area contributed by atoms with Crippen LogP contribution in [0.15, 0.2) is 40.9 Å². The van der Waals surface area contributed by atoms with Crippen LogP contribution in [0.2, 0.25) is 10.0 Å². The topological polar surface area (TPSA) is 47.6 Å². The van der Waals surface area contributed by atoms with Crippen LogP contribution in [0, 0.1) is 0 Å². The number of hydrogen-bond acceptors (Lipinski definition) is 3. The summed E-state index contributed by atoms with van der Waals surface area (Å²) in [7, 11) is 1.51. The zero-order valence-electron chi connectivity index (χ0n) is 12.4. The van der Waals surface area contributed by atoms with Crippen LogP contribution in [0.3, 0.4) is 0 Å². The van der Waals surface area contributed by atoms with Gasteiger partial charge in [-0.15, -0.1) is 0 Å². The predicted octanol–water partition coefficient (Wildman–Crippen LogP) is 5.17. The summed E-state index contributed by atoms with van der Waals surface area (Å²) in [6.45, 7) is 1.63. The van der Waals surface area contributed by atoms with Crippen molar-refractivity contribution < 1.29 is 14.3 Å². The molecule has 0 aliphatic rings. The van der Waals surface area contributed by atoms with Gasteiger partial charge in [0.1, 0.15) is 11.5 Å². The van der Waals surface area contributed by atoms with Crippen molar-refractivity contribution in [1.82, 2.24) is 0 Å². The zero-order chi connectivity index (χ0) is 17.0. The molecule has 23 heavy (non-hydrogen) atoms. The Balaban J connectivity index is 2.10. The summed E-state index contributed by atoms with van der Waals surface area (Å²) >= 11 is 15.3. The van der Waals surface area contributed by atoms with Crippen LogP contribution in [0.5, 0.6) is 11.5 Å². The molecule has 0 heterocycles. The largest absolute Gasteiger partial charge is 0.495 e. The fourth-order valence-electron chi connectivity index (χ4n) is 1.83. The molecule has 0 bridgehead atoms. The fourth-order valence-corrected chi connectivity index (χ4v) is 2.72. The molecule has 0 aromatic heterocycles. The number of nitrogens with one attached hydrogen (secondary N) is 1. The Bertz CT molecular complexity index is 724. The molecular formula is C16H14BrCl2NO3. The van der Waals surface area contributed by atoms with Crippen molar-refractivity contribution in [3.63, 3.8) is 0 Å². The monoisotopic (exact) mass is 417 g/mol. The average molecular weight is 419 g/mol. The summed E-state index contributed by atoms with van der Waals surface area (Å²) in [5.74, 6) is 0.594. The second-order valence-electron chi connectivity index (χ2n) is 4.67. The van der Waals surface area contributed by atoms with E-state index in [0.29, 0.717) is 27.2 Å². The van der Waals surface area contributed by atoms with Gasteiger partial charge in [0.25, 0.3) is 5.91 Å². The van der Waals surface area contributed by atoms with Crippen LogP contribution in [0.4, 0.5) is 5.69 Å². The highest BCUT2D eigenvalue weighted by molar-refractivity contribution is 9.10. The molecule has 4 nitrogen and oxygen atoms in total. The first-order valence-corrected chi connectivity index (χ1v) is 8.21. The quantitative estimate of drug-likeness (QED) is 0.728. The van der Waals surface area contributed by atoms with E-state index in [1.807, 2.05) is 0 Å². The Labute approximate surface area is 152 Å². The zero-order valence-corrected chi connectivity index (χ0v) is 15.5. The first-order chi connectivity index (χ1) is 10.9. The van der Waals surface area contributed by atoms with Crippen LogP contribution in [0.1, 0.15) is 6.92 Å². The first kappa shape index (κ1) is 17.9. The highest BCUT2D eigenvalue weighted by Gasteiger charge is 2.18. The maximum Gasteiger partial charge on any atom is 0.265 e. The van der Waals surface area contributed by atoms with Gasteiger partial charge in [0, 0.05) is 9.50 Å². The van der Waals surface area contributed by atoms with Crippen molar-refractivity contribution in [3.8, 4) is 11.5 Å².